The normalized spacial score (nSPS) is 10.2. The zero-order valence-corrected chi connectivity index (χ0v) is 15.0. The quantitative estimate of drug-likeness (QED) is 0.627. The molecule has 0 aliphatic rings. The average Bonchev–Trinajstić information content (AvgIpc) is 2.62. The van der Waals surface area contributed by atoms with E-state index in [2.05, 4.69) is 0 Å². The van der Waals surface area contributed by atoms with Crippen LogP contribution >= 0.6 is 24.0 Å². The van der Waals surface area contributed by atoms with Crippen LogP contribution in [0.2, 0.25) is 5.02 Å². The largest absolute Gasteiger partial charge is 0.489 e. The third-order valence-electron chi connectivity index (χ3n) is 3.69. The molecule has 0 amide bonds. The summed E-state index contributed by atoms with van der Waals surface area (Å²) in [7, 11) is 0. The van der Waals surface area contributed by atoms with Crippen molar-refractivity contribution in [1.29, 1.82) is 0 Å². The van der Waals surface area contributed by atoms with E-state index < -0.39 is 0 Å². The predicted octanol–water partition coefficient (Wildman–Crippen LogP) is 5.61. The van der Waals surface area contributed by atoms with Crippen LogP contribution in [0.15, 0.2) is 66.7 Å². The van der Waals surface area contributed by atoms with E-state index in [4.69, 9.17) is 22.1 Å². The van der Waals surface area contributed by atoms with E-state index in [9.17, 15) is 4.39 Å². The van der Waals surface area contributed by atoms with Crippen LogP contribution in [0.25, 0.3) is 11.1 Å². The molecule has 0 saturated carbocycles. The molecule has 130 valence electrons. The van der Waals surface area contributed by atoms with Gasteiger partial charge in [-0.3, -0.25) is 0 Å². The van der Waals surface area contributed by atoms with Gasteiger partial charge in [0.05, 0.1) is 0 Å². The first kappa shape index (κ1) is 19.3. The van der Waals surface area contributed by atoms with Crippen molar-refractivity contribution in [1.82, 2.24) is 0 Å². The van der Waals surface area contributed by atoms with Gasteiger partial charge in [0.1, 0.15) is 18.2 Å². The van der Waals surface area contributed by atoms with Crippen molar-refractivity contribution in [2.24, 2.45) is 5.73 Å². The molecule has 0 bridgehead atoms. The van der Waals surface area contributed by atoms with Crippen molar-refractivity contribution in [2.45, 2.75) is 13.2 Å². The fraction of sp³-hybridized carbons (Fsp3) is 0.100. The van der Waals surface area contributed by atoms with Gasteiger partial charge in [0.2, 0.25) is 0 Å². The summed E-state index contributed by atoms with van der Waals surface area (Å²) in [6, 6.07) is 19.8. The van der Waals surface area contributed by atoms with Crippen LogP contribution in [0, 0.1) is 5.82 Å². The van der Waals surface area contributed by atoms with Gasteiger partial charge in [-0.25, -0.2) is 4.39 Å². The Morgan fingerprint density at radius 3 is 2.40 bits per heavy atom. The Morgan fingerprint density at radius 1 is 0.920 bits per heavy atom. The summed E-state index contributed by atoms with van der Waals surface area (Å²) in [5.74, 6) is 0.344. The summed E-state index contributed by atoms with van der Waals surface area (Å²) < 4.78 is 19.4. The van der Waals surface area contributed by atoms with Gasteiger partial charge < -0.3 is 10.5 Å². The van der Waals surface area contributed by atoms with E-state index in [-0.39, 0.29) is 18.2 Å². The lowest BCUT2D eigenvalue weighted by Gasteiger charge is -2.12. The second-order valence-electron chi connectivity index (χ2n) is 5.47. The number of ether oxygens (including phenoxy) is 1. The van der Waals surface area contributed by atoms with Crippen LogP contribution < -0.4 is 10.5 Å². The van der Waals surface area contributed by atoms with E-state index in [1.807, 2.05) is 48.5 Å². The van der Waals surface area contributed by atoms with Gasteiger partial charge in [-0.2, -0.15) is 0 Å². The smallest absolute Gasteiger partial charge is 0.123 e. The predicted molar refractivity (Wildman–Crippen MR) is 103 cm³/mol. The molecular formula is C20H18Cl2FNO. The molecule has 3 aromatic rings. The molecule has 0 spiro atoms. The maximum Gasteiger partial charge on any atom is 0.123 e. The Kier molecular flexibility index (Phi) is 6.82. The lowest BCUT2D eigenvalue weighted by Crippen LogP contribution is -2.00. The second kappa shape index (κ2) is 8.86. The fourth-order valence-corrected chi connectivity index (χ4v) is 2.70. The van der Waals surface area contributed by atoms with Crippen LogP contribution in [0.5, 0.6) is 5.75 Å². The number of nitrogens with two attached hydrogens (primary N) is 1. The van der Waals surface area contributed by atoms with Crippen molar-refractivity contribution >= 4 is 24.0 Å². The number of benzene rings is 3. The monoisotopic (exact) mass is 377 g/mol. The van der Waals surface area contributed by atoms with Gasteiger partial charge >= 0.3 is 0 Å². The van der Waals surface area contributed by atoms with Crippen LogP contribution in [-0.4, -0.2) is 0 Å². The highest BCUT2D eigenvalue weighted by Crippen LogP contribution is 2.32. The molecule has 5 heteroatoms. The molecule has 0 radical (unpaired) electrons. The minimum atomic E-state index is -0.334. The van der Waals surface area contributed by atoms with E-state index >= 15 is 0 Å². The zero-order chi connectivity index (χ0) is 16.9. The molecule has 0 atom stereocenters. The summed E-state index contributed by atoms with van der Waals surface area (Å²) >= 11 is 6.21. The molecular weight excluding hydrogens is 360 g/mol. The Bertz CT molecular complexity index is 840. The molecule has 0 heterocycles. The summed E-state index contributed by atoms with van der Waals surface area (Å²) in [6.45, 7) is 0.813. The molecule has 3 aromatic carbocycles. The molecule has 0 fully saturated rings. The Morgan fingerprint density at radius 2 is 1.68 bits per heavy atom. The summed E-state index contributed by atoms with van der Waals surface area (Å²) in [4.78, 5) is 0. The van der Waals surface area contributed by atoms with Crippen molar-refractivity contribution in [3.8, 4) is 16.9 Å². The number of hydrogen-bond donors (Lipinski definition) is 1. The number of rotatable bonds is 5. The third-order valence-corrected chi connectivity index (χ3v) is 4.02. The van der Waals surface area contributed by atoms with E-state index in [1.54, 1.807) is 6.07 Å². The van der Waals surface area contributed by atoms with Crippen LogP contribution in [-0.2, 0) is 13.2 Å². The van der Waals surface area contributed by atoms with Crippen molar-refractivity contribution in [2.75, 3.05) is 0 Å². The number of hydrogen-bond acceptors (Lipinski definition) is 2. The highest BCUT2D eigenvalue weighted by Gasteiger charge is 2.09. The van der Waals surface area contributed by atoms with Crippen molar-refractivity contribution in [3.05, 3.63) is 88.7 Å². The Balaban J connectivity index is 0.00000225. The molecule has 0 aliphatic carbocycles. The van der Waals surface area contributed by atoms with Crippen LogP contribution in [0.4, 0.5) is 4.39 Å². The molecule has 0 unspecified atom stereocenters. The topological polar surface area (TPSA) is 35.2 Å². The molecule has 0 aliphatic heterocycles. The lowest BCUT2D eigenvalue weighted by molar-refractivity contribution is 0.306. The van der Waals surface area contributed by atoms with E-state index in [0.29, 0.717) is 29.5 Å². The summed E-state index contributed by atoms with van der Waals surface area (Å²) in [6.07, 6.45) is 0. The minimum Gasteiger partial charge on any atom is -0.489 e. The maximum atomic E-state index is 13.6. The minimum absolute atomic E-state index is 0. The SMILES string of the molecule is Cl.NCc1cc(OCc2ccccc2)cc(-c2cc(F)ccc2Cl)c1. The Labute approximate surface area is 157 Å². The third kappa shape index (κ3) is 4.95. The Hall–Kier alpha value is -2.07. The molecule has 0 saturated heterocycles. The summed E-state index contributed by atoms with van der Waals surface area (Å²) in [5.41, 5.74) is 9.15. The maximum absolute atomic E-state index is 13.6. The van der Waals surface area contributed by atoms with Gasteiger partial charge in [-0.05, 0) is 53.1 Å². The van der Waals surface area contributed by atoms with E-state index in [0.717, 1.165) is 16.7 Å². The van der Waals surface area contributed by atoms with E-state index in [1.165, 1.54) is 12.1 Å². The van der Waals surface area contributed by atoms with Crippen LogP contribution in [0.1, 0.15) is 11.1 Å². The first-order valence-corrected chi connectivity index (χ1v) is 7.99. The standard InChI is InChI=1S/C20H17ClFNO.ClH/c21-20-7-6-17(22)11-19(20)16-8-15(12-23)9-18(10-16)24-13-14-4-2-1-3-5-14;/h1-11H,12-13,23H2;1H. The van der Waals surface area contributed by atoms with Crippen LogP contribution in [0.3, 0.4) is 0 Å². The average molecular weight is 378 g/mol. The molecule has 3 rings (SSSR count). The van der Waals surface area contributed by atoms with Gasteiger partial charge in [-0.15, -0.1) is 12.4 Å². The molecule has 2 nitrogen and oxygen atoms in total. The van der Waals surface area contributed by atoms with Gasteiger partial charge in [0.15, 0.2) is 0 Å². The molecule has 25 heavy (non-hydrogen) atoms. The van der Waals surface area contributed by atoms with Gasteiger partial charge in [-0.1, -0.05) is 41.9 Å². The van der Waals surface area contributed by atoms with Gasteiger partial charge in [0.25, 0.3) is 0 Å². The molecule has 0 aromatic heterocycles. The second-order valence-corrected chi connectivity index (χ2v) is 5.88. The first-order chi connectivity index (χ1) is 11.7. The first-order valence-electron chi connectivity index (χ1n) is 7.62. The number of halogens is 3. The lowest BCUT2D eigenvalue weighted by atomic mass is 10.0. The summed E-state index contributed by atoms with van der Waals surface area (Å²) in [5, 5.41) is 0.486. The van der Waals surface area contributed by atoms with Gasteiger partial charge in [0, 0.05) is 17.1 Å². The zero-order valence-electron chi connectivity index (χ0n) is 13.4. The van der Waals surface area contributed by atoms with Crippen molar-refractivity contribution < 1.29 is 9.13 Å². The highest BCUT2D eigenvalue weighted by molar-refractivity contribution is 6.33. The fourth-order valence-electron chi connectivity index (χ4n) is 2.48. The molecule has 2 N–H and O–H groups in total. The highest BCUT2D eigenvalue weighted by atomic mass is 35.5. The van der Waals surface area contributed by atoms with Crippen molar-refractivity contribution in [3.63, 3.8) is 0 Å².